The third-order valence-electron chi connectivity index (χ3n) is 2.94. The smallest absolute Gasteiger partial charge is 0.126 e. The number of aromatic nitrogens is 1. The van der Waals surface area contributed by atoms with Gasteiger partial charge < -0.3 is 5.32 Å². The molecule has 0 saturated carbocycles. The Morgan fingerprint density at radius 1 is 1.21 bits per heavy atom. The van der Waals surface area contributed by atoms with Gasteiger partial charge in [0.1, 0.15) is 5.82 Å². The van der Waals surface area contributed by atoms with Crippen LogP contribution in [-0.2, 0) is 5.75 Å². The summed E-state index contributed by atoms with van der Waals surface area (Å²) in [5.74, 6) is 1.97. The Hall–Kier alpha value is -1.48. The average Bonchev–Trinajstić information content (AvgIpc) is 2.45. The Balaban J connectivity index is 1.98. The fourth-order valence-electron chi connectivity index (χ4n) is 1.78. The minimum Gasteiger partial charge on any atom is -0.370 e. The Labute approximate surface area is 119 Å². The molecule has 100 valence electrons. The van der Waals surface area contributed by atoms with E-state index < -0.39 is 0 Å². The zero-order valence-corrected chi connectivity index (χ0v) is 12.3. The van der Waals surface area contributed by atoms with Crippen molar-refractivity contribution in [1.82, 2.24) is 4.98 Å². The van der Waals surface area contributed by atoms with Gasteiger partial charge in [0.2, 0.25) is 0 Å². The molecule has 2 aromatic rings. The van der Waals surface area contributed by atoms with Crippen LogP contribution in [0.25, 0.3) is 0 Å². The largest absolute Gasteiger partial charge is 0.370 e. The van der Waals surface area contributed by atoms with Crippen molar-refractivity contribution in [1.29, 1.82) is 0 Å². The highest BCUT2D eigenvalue weighted by molar-refractivity contribution is 7.98. The lowest BCUT2D eigenvalue weighted by Crippen LogP contribution is -2.01. The van der Waals surface area contributed by atoms with Crippen molar-refractivity contribution in [2.45, 2.75) is 30.9 Å². The summed E-state index contributed by atoms with van der Waals surface area (Å²) < 4.78 is 0. The minimum atomic E-state index is 0.969. The number of hydrogen-bond donors (Lipinski definition) is 1. The zero-order valence-electron chi connectivity index (χ0n) is 11.5. The fourth-order valence-corrected chi connectivity index (χ4v) is 2.78. The number of anilines is 1. The van der Waals surface area contributed by atoms with E-state index in [1.54, 1.807) is 0 Å². The second kappa shape index (κ2) is 7.19. The molecule has 0 amide bonds. The Kier molecular flexibility index (Phi) is 5.28. The van der Waals surface area contributed by atoms with Gasteiger partial charge in [-0.15, -0.1) is 11.8 Å². The Morgan fingerprint density at radius 2 is 2.05 bits per heavy atom. The van der Waals surface area contributed by atoms with E-state index in [0.717, 1.165) is 24.5 Å². The molecule has 0 aliphatic rings. The first-order valence-corrected chi connectivity index (χ1v) is 7.65. The molecule has 0 bridgehead atoms. The number of pyridine rings is 1. The molecule has 0 spiro atoms. The number of aryl methyl sites for hydroxylation is 1. The van der Waals surface area contributed by atoms with Gasteiger partial charge in [-0.1, -0.05) is 31.2 Å². The van der Waals surface area contributed by atoms with E-state index in [9.17, 15) is 0 Å². The Bertz CT molecular complexity index is 526. The summed E-state index contributed by atoms with van der Waals surface area (Å²) in [5, 5.41) is 3.32. The van der Waals surface area contributed by atoms with Crippen LogP contribution >= 0.6 is 11.8 Å². The molecule has 0 radical (unpaired) electrons. The number of thioether (sulfide) groups is 1. The van der Waals surface area contributed by atoms with E-state index in [-0.39, 0.29) is 0 Å². The molecule has 1 heterocycles. The molecule has 0 aliphatic heterocycles. The second-order valence-corrected chi connectivity index (χ2v) is 5.57. The van der Waals surface area contributed by atoms with Crippen molar-refractivity contribution < 1.29 is 0 Å². The van der Waals surface area contributed by atoms with Gasteiger partial charge in [0.25, 0.3) is 0 Å². The molecule has 1 N–H and O–H groups in total. The average molecular weight is 272 g/mol. The fraction of sp³-hybridized carbons (Fsp3) is 0.312. The van der Waals surface area contributed by atoms with Crippen molar-refractivity contribution in [2.75, 3.05) is 11.9 Å². The number of hydrogen-bond acceptors (Lipinski definition) is 3. The first-order valence-electron chi connectivity index (χ1n) is 6.67. The van der Waals surface area contributed by atoms with Gasteiger partial charge in [0.05, 0.1) is 0 Å². The molecule has 19 heavy (non-hydrogen) atoms. The minimum absolute atomic E-state index is 0.969. The highest BCUT2D eigenvalue weighted by Gasteiger charge is 2.01. The molecule has 3 heteroatoms. The molecule has 0 fully saturated rings. The van der Waals surface area contributed by atoms with Gasteiger partial charge in [-0.25, -0.2) is 4.98 Å². The van der Waals surface area contributed by atoms with Crippen LogP contribution in [0.1, 0.15) is 24.5 Å². The van der Waals surface area contributed by atoms with Crippen molar-refractivity contribution in [2.24, 2.45) is 0 Å². The van der Waals surface area contributed by atoms with Gasteiger partial charge in [0.15, 0.2) is 0 Å². The van der Waals surface area contributed by atoms with E-state index in [1.807, 2.05) is 18.0 Å². The van der Waals surface area contributed by atoms with Gasteiger partial charge in [0, 0.05) is 23.4 Å². The van der Waals surface area contributed by atoms with E-state index in [1.165, 1.54) is 16.0 Å². The highest BCUT2D eigenvalue weighted by atomic mass is 32.2. The van der Waals surface area contributed by atoms with E-state index >= 15 is 0 Å². The van der Waals surface area contributed by atoms with E-state index in [4.69, 9.17) is 0 Å². The number of rotatable bonds is 6. The third-order valence-corrected chi connectivity index (χ3v) is 3.99. The van der Waals surface area contributed by atoms with E-state index in [2.05, 4.69) is 60.5 Å². The standard InChI is InChI=1S/C16H20N2S/c1-3-9-17-16-11-15(8-10-18-16)19-12-14-7-5-4-6-13(14)2/h4-8,10-11H,3,9,12H2,1-2H3,(H,17,18). The predicted molar refractivity (Wildman–Crippen MR) is 83.8 cm³/mol. The SMILES string of the molecule is CCCNc1cc(SCc2ccccc2C)ccn1. The third kappa shape index (κ3) is 4.28. The van der Waals surface area contributed by atoms with Crippen LogP contribution in [0, 0.1) is 6.92 Å². The van der Waals surface area contributed by atoms with Crippen LogP contribution in [-0.4, -0.2) is 11.5 Å². The maximum atomic E-state index is 4.33. The summed E-state index contributed by atoms with van der Waals surface area (Å²) in [4.78, 5) is 5.59. The van der Waals surface area contributed by atoms with Gasteiger partial charge in [-0.05, 0) is 36.6 Å². The van der Waals surface area contributed by atoms with Gasteiger partial charge in [-0.3, -0.25) is 0 Å². The first kappa shape index (κ1) is 13.9. The summed E-state index contributed by atoms with van der Waals surface area (Å²) in [6, 6.07) is 12.7. The molecule has 0 atom stereocenters. The van der Waals surface area contributed by atoms with Gasteiger partial charge >= 0.3 is 0 Å². The topological polar surface area (TPSA) is 24.9 Å². The summed E-state index contributed by atoms with van der Waals surface area (Å²) in [6.45, 7) is 5.29. The first-order chi connectivity index (χ1) is 9.29. The number of nitrogens with one attached hydrogen (secondary N) is 1. The van der Waals surface area contributed by atoms with Crippen LogP contribution in [0.3, 0.4) is 0 Å². The molecule has 0 unspecified atom stereocenters. The lowest BCUT2D eigenvalue weighted by Gasteiger charge is -2.07. The normalized spacial score (nSPS) is 10.4. The van der Waals surface area contributed by atoms with Crippen LogP contribution in [0.15, 0.2) is 47.5 Å². The van der Waals surface area contributed by atoms with E-state index in [0.29, 0.717) is 0 Å². The van der Waals surface area contributed by atoms with Crippen LogP contribution in [0.5, 0.6) is 0 Å². The molecular formula is C16H20N2S. The summed E-state index contributed by atoms with van der Waals surface area (Å²) in [6.07, 6.45) is 2.99. The maximum Gasteiger partial charge on any atom is 0.126 e. The maximum absolute atomic E-state index is 4.33. The molecule has 1 aromatic carbocycles. The molecule has 0 aliphatic carbocycles. The highest BCUT2D eigenvalue weighted by Crippen LogP contribution is 2.25. The summed E-state index contributed by atoms with van der Waals surface area (Å²) >= 11 is 1.86. The number of benzene rings is 1. The molecular weight excluding hydrogens is 252 g/mol. The van der Waals surface area contributed by atoms with Crippen LogP contribution in [0.2, 0.25) is 0 Å². The lowest BCUT2D eigenvalue weighted by atomic mass is 10.1. The van der Waals surface area contributed by atoms with Crippen molar-refractivity contribution in [3.8, 4) is 0 Å². The second-order valence-electron chi connectivity index (χ2n) is 4.52. The van der Waals surface area contributed by atoms with Crippen LogP contribution in [0.4, 0.5) is 5.82 Å². The van der Waals surface area contributed by atoms with Crippen molar-refractivity contribution in [3.63, 3.8) is 0 Å². The molecule has 0 saturated heterocycles. The summed E-state index contributed by atoms with van der Waals surface area (Å²) in [7, 11) is 0. The predicted octanol–water partition coefficient (Wildman–Crippen LogP) is 4.50. The Morgan fingerprint density at radius 3 is 2.84 bits per heavy atom. The van der Waals surface area contributed by atoms with Crippen molar-refractivity contribution >= 4 is 17.6 Å². The van der Waals surface area contributed by atoms with Crippen molar-refractivity contribution in [3.05, 3.63) is 53.7 Å². The number of nitrogens with zero attached hydrogens (tertiary/aromatic N) is 1. The molecule has 2 nitrogen and oxygen atoms in total. The molecule has 1 aromatic heterocycles. The summed E-state index contributed by atoms with van der Waals surface area (Å²) in [5.41, 5.74) is 2.75. The van der Waals surface area contributed by atoms with Crippen LogP contribution < -0.4 is 5.32 Å². The lowest BCUT2D eigenvalue weighted by molar-refractivity contribution is 0.967. The molecule has 2 rings (SSSR count). The quantitative estimate of drug-likeness (QED) is 0.783. The monoisotopic (exact) mass is 272 g/mol. The zero-order chi connectivity index (χ0) is 13.5. The van der Waals surface area contributed by atoms with Gasteiger partial charge in [-0.2, -0.15) is 0 Å².